The van der Waals surface area contributed by atoms with Gasteiger partial charge in [-0.1, -0.05) is 12.1 Å². The molecule has 6 nitrogen and oxygen atoms in total. The topological polar surface area (TPSA) is 73.9 Å². The highest BCUT2D eigenvalue weighted by Gasteiger charge is 2.15. The van der Waals surface area contributed by atoms with E-state index < -0.39 is 30.9 Å². The van der Waals surface area contributed by atoms with Crippen LogP contribution in [0.4, 0.5) is 13.2 Å². The molecule has 0 saturated heterocycles. The number of rotatable bonds is 9. The molecule has 0 unspecified atom stereocenters. The molecule has 0 atom stereocenters. The van der Waals surface area contributed by atoms with Gasteiger partial charge in [-0.3, -0.25) is 4.79 Å². The zero-order valence-electron chi connectivity index (χ0n) is 14.9. The van der Waals surface area contributed by atoms with E-state index in [0.29, 0.717) is 6.42 Å². The first kappa shape index (κ1) is 21.1. The van der Waals surface area contributed by atoms with Gasteiger partial charge in [-0.2, -0.15) is 8.78 Å². The molecule has 0 radical (unpaired) electrons. The second-order valence-electron chi connectivity index (χ2n) is 5.54. The van der Waals surface area contributed by atoms with E-state index >= 15 is 0 Å². The van der Waals surface area contributed by atoms with Crippen LogP contribution in [0.2, 0.25) is 0 Å². The molecule has 0 aliphatic rings. The molecule has 2 aromatic rings. The number of alkyl halides is 2. The van der Waals surface area contributed by atoms with Crippen LogP contribution in [0.25, 0.3) is 0 Å². The van der Waals surface area contributed by atoms with Gasteiger partial charge in [-0.15, -0.1) is 0 Å². The lowest BCUT2D eigenvalue weighted by Crippen LogP contribution is -2.30. The molecule has 0 aliphatic heterocycles. The van der Waals surface area contributed by atoms with Gasteiger partial charge < -0.3 is 19.5 Å². The largest absolute Gasteiger partial charge is 0.497 e. The summed E-state index contributed by atoms with van der Waals surface area (Å²) < 4.78 is 51.8. The van der Waals surface area contributed by atoms with Crippen LogP contribution in [0, 0.1) is 5.82 Å². The molecular formula is C19H18F3NO5. The second-order valence-corrected chi connectivity index (χ2v) is 5.54. The number of carbonyl (C=O) groups excluding carboxylic acids is 2. The third-order valence-electron chi connectivity index (χ3n) is 3.61. The third kappa shape index (κ3) is 6.49. The summed E-state index contributed by atoms with van der Waals surface area (Å²) in [5.41, 5.74) is 0.485. The van der Waals surface area contributed by atoms with E-state index in [1.54, 1.807) is 12.1 Å². The van der Waals surface area contributed by atoms with E-state index in [1.807, 2.05) is 0 Å². The maximum atomic E-state index is 13.8. The SMILES string of the molecule is COc1ccc(C(=O)OCC(=O)NCCc2ccc(OC(F)F)cc2)c(F)c1. The van der Waals surface area contributed by atoms with E-state index in [2.05, 4.69) is 10.1 Å². The van der Waals surface area contributed by atoms with Crippen molar-refractivity contribution in [1.29, 1.82) is 0 Å². The molecule has 9 heteroatoms. The Morgan fingerprint density at radius 2 is 1.75 bits per heavy atom. The molecular weight excluding hydrogens is 379 g/mol. The second kappa shape index (κ2) is 10.2. The van der Waals surface area contributed by atoms with Crippen LogP contribution >= 0.6 is 0 Å². The smallest absolute Gasteiger partial charge is 0.387 e. The first-order valence-corrected chi connectivity index (χ1v) is 8.20. The highest BCUT2D eigenvalue weighted by Crippen LogP contribution is 2.17. The number of nitrogens with one attached hydrogen (secondary N) is 1. The predicted molar refractivity (Wildman–Crippen MR) is 93.0 cm³/mol. The van der Waals surface area contributed by atoms with Crippen LogP contribution in [-0.2, 0) is 16.0 Å². The number of esters is 1. The molecule has 0 bridgehead atoms. The standard InChI is InChI=1S/C19H18F3NO5/c1-26-14-6-7-15(16(20)10-14)18(25)27-11-17(24)23-9-8-12-2-4-13(5-3-12)28-19(21)22/h2-7,10,19H,8-9,11H2,1H3,(H,23,24). The summed E-state index contributed by atoms with van der Waals surface area (Å²) in [6, 6.07) is 9.62. The summed E-state index contributed by atoms with van der Waals surface area (Å²) in [5, 5.41) is 2.54. The van der Waals surface area contributed by atoms with Crippen molar-refractivity contribution >= 4 is 11.9 Å². The van der Waals surface area contributed by atoms with Gasteiger partial charge in [0.25, 0.3) is 5.91 Å². The fraction of sp³-hybridized carbons (Fsp3) is 0.263. The van der Waals surface area contributed by atoms with Crippen molar-refractivity contribution in [3.8, 4) is 11.5 Å². The van der Waals surface area contributed by atoms with Crippen LogP contribution in [-0.4, -0.2) is 38.7 Å². The first-order chi connectivity index (χ1) is 13.4. The number of halogens is 3. The third-order valence-corrected chi connectivity index (χ3v) is 3.61. The average molecular weight is 397 g/mol. The summed E-state index contributed by atoms with van der Waals surface area (Å²) in [4.78, 5) is 23.5. The lowest BCUT2D eigenvalue weighted by Gasteiger charge is -2.08. The number of carbonyl (C=O) groups is 2. The highest BCUT2D eigenvalue weighted by molar-refractivity contribution is 5.91. The molecule has 28 heavy (non-hydrogen) atoms. The van der Waals surface area contributed by atoms with E-state index in [4.69, 9.17) is 9.47 Å². The molecule has 0 heterocycles. The highest BCUT2D eigenvalue weighted by atomic mass is 19.3. The van der Waals surface area contributed by atoms with Crippen LogP contribution in [0.3, 0.4) is 0 Å². The molecule has 0 saturated carbocycles. The van der Waals surface area contributed by atoms with Gasteiger partial charge in [-0.05, 0) is 36.2 Å². The summed E-state index contributed by atoms with van der Waals surface area (Å²) in [6.45, 7) is -3.22. The zero-order chi connectivity index (χ0) is 20.5. The molecule has 2 aromatic carbocycles. The van der Waals surface area contributed by atoms with Gasteiger partial charge in [0.1, 0.15) is 17.3 Å². The van der Waals surface area contributed by atoms with Crippen LogP contribution in [0.1, 0.15) is 15.9 Å². The van der Waals surface area contributed by atoms with Crippen LogP contribution < -0.4 is 14.8 Å². The van der Waals surface area contributed by atoms with Gasteiger partial charge in [0.2, 0.25) is 0 Å². The van der Waals surface area contributed by atoms with Crippen molar-refractivity contribution in [3.05, 3.63) is 59.4 Å². The number of amides is 1. The lowest BCUT2D eigenvalue weighted by atomic mass is 10.1. The van der Waals surface area contributed by atoms with Gasteiger partial charge >= 0.3 is 12.6 Å². The Bertz CT molecular complexity index is 812. The molecule has 0 aliphatic carbocycles. The van der Waals surface area contributed by atoms with Crippen molar-refractivity contribution in [1.82, 2.24) is 5.32 Å². The molecule has 1 N–H and O–H groups in total. The fourth-order valence-electron chi connectivity index (χ4n) is 2.23. The molecule has 0 fully saturated rings. The van der Waals surface area contributed by atoms with Gasteiger partial charge in [0, 0.05) is 12.6 Å². The number of benzene rings is 2. The summed E-state index contributed by atoms with van der Waals surface area (Å²) >= 11 is 0. The monoisotopic (exact) mass is 397 g/mol. The normalized spacial score (nSPS) is 10.5. The van der Waals surface area contributed by atoms with Gasteiger partial charge in [0.15, 0.2) is 6.61 Å². The molecule has 2 rings (SSSR count). The maximum Gasteiger partial charge on any atom is 0.387 e. The maximum absolute atomic E-state index is 13.8. The fourth-order valence-corrected chi connectivity index (χ4v) is 2.23. The molecule has 1 amide bonds. The Hall–Kier alpha value is -3.23. The Morgan fingerprint density at radius 3 is 2.36 bits per heavy atom. The minimum Gasteiger partial charge on any atom is -0.497 e. The van der Waals surface area contributed by atoms with Gasteiger partial charge in [-0.25, -0.2) is 9.18 Å². The molecule has 0 spiro atoms. The summed E-state index contributed by atoms with van der Waals surface area (Å²) in [6.07, 6.45) is 0.432. The quantitative estimate of drug-likeness (QED) is 0.659. The van der Waals surface area contributed by atoms with Crippen molar-refractivity contribution in [2.24, 2.45) is 0 Å². The van der Waals surface area contributed by atoms with E-state index in [-0.39, 0.29) is 23.6 Å². The van der Waals surface area contributed by atoms with Crippen molar-refractivity contribution in [3.63, 3.8) is 0 Å². The van der Waals surface area contributed by atoms with E-state index in [0.717, 1.165) is 11.6 Å². The Balaban J connectivity index is 1.73. The van der Waals surface area contributed by atoms with Crippen LogP contribution in [0.5, 0.6) is 11.5 Å². The van der Waals surface area contributed by atoms with Crippen molar-refractivity contribution in [2.75, 3.05) is 20.3 Å². The number of methoxy groups -OCH3 is 1. The predicted octanol–water partition coefficient (Wildman–Crippen LogP) is 2.95. The first-order valence-electron chi connectivity index (χ1n) is 8.20. The summed E-state index contributed by atoms with van der Waals surface area (Å²) in [7, 11) is 1.36. The Labute approximate surface area is 159 Å². The van der Waals surface area contributed by atoms with E-state index in [9.17, 15) is 22.8 Å². The molecule has 150 valence electrons. The van der Waals surface area contributed by atoms with Crippen molar-refractivity contribution < 1.29 is 37.0 Å². The lowest BCUT2D eigenvalue weighted by molar-refractivity contribution is -0.124. The Kier molecular flexibility index (Phi) is 7.67. The average Bonchev–Trinajstić information content (AvgIpc) is 2.67. The van der Waals surface area contributed by atoms with Gasteiger partial charge in [0.05, 0.1) is 12.7 Å². The van der Waals surface area contributed by atoms with Crippen molar-refractivity contribution in [2.45, 2.75) is 13.0 Å². The number of ether oxygens (including phenoxy) is 3. The number of hydrogen-bond acceptors (Lipinski definition) is 5. The minimum atomic E-state index is -2.89. The zero-order valence-corrected chi connectivity index (χ0v) is 14.9. The van der Waals surface area contributed by atoms with E-state index in [1.165, 1.54) is 31.4 Å². The number of hydrogen-bond donors (Lipinski definition) is 1. The Morgan fingerprint density at radius 1 is 1.07 bits per heavy atom. The molecule has 0 aromatic heterocycles. The summed E-state index contributed by atoms with van der Waals surface area (Å²) in [5.74, 6) is -2.05. The minimum absolute atomic E-state index is 0.0421. The van der Waals surface area contributed by atoms with Crippen LogP contribution in [0.15, 0.2) is 42.5 Å².